The minimum atomic E-state index is -1.49. The zero-order chi connectivity index (χ0) is 14.3. The van der Waals surface area contributed by atoms with Crippen LogP contribution in [0, 0.1) is 17.5 Å². The van der Waals surface area contributed by atoms with Crippen molar-refractivity contribution >= 4 is 0 Å². The average molecular weight is 279 g/mol. The van der Waals surface area contributed by atoms with Crippen molar-refractivity contribution in [1.29, 1.82) is 0 Å². The van der Waals surface area contributed by atoms with E-state index < -0.39 is 23.5 Å². The van der Waals surface area contributed by atoms with E-state index in [4.69, 9.17) is 10.5 Å². The van der Waals surface area contributed by atoms with Gasteiger partial charge < -0.3 is 10.5 Å². The van der Waals surface area contributed by atoms with E-state index in [0.29, 0.717) is 17.9 Å². The van der Waals surface area contributed by atoms with Gasteiger partial charge in [0.2, 0.25) is 0 Å². The van der Waals surface area contributed by atoms with Crippen LogP contribution in [0.4, 0.5) is 13.2 Å². The van der Waals surface area contributed by atoms with E-state index in [1.54, 1.807) is 6.07 Å². The molecule has 3 rings (SSSR count). The number of halogens is 3. The lowest BCUT2D eigenvalue weighted by molar-refractivity contribution is 0.352. The van der Waals surface area contributed by atoms with Crippen LogP contribution in [-0.4, -0.2) is 6.61 Å². The second-order valence-electron chi connectivity index (χ2n) is 4.71. The lowest BCUT2D eigenvalue weighted by Gasteiger charge is -2.16. The largest absolute Gasteiger partial charge is 0.493 e. The van der Waals surface area contributed by atoms with Gasteiger partial charge in [-0.3, -0.25) is 0 Å². The van der Waals surface area contributed by atoms with Crippen LogP contribution in [0.2, 0.25) is 0 Å². The van der Waals surface area contributed by atoms with Gasteiger partial charge in [-0.1, -0.05) is 18.2 Å². The molecule has 5 heteroatoms. The molecule has 0 fully saturated rings. The molecule has 0 aliphatic carbocycles. The predicted octanol–water partition coefficient (Wildman–Crippen LogP) is 3.09. The molecule has 2 aromatic carbocycles. The Hall–Kier alpha value is -2.01. The van der Waals surface area contributed by atoms with Crippen molar-refractivity contribution in [2.75, 3.05) is 6.61 Å². The number of hydrogen-bond donors (Lipinski definition) is 1. The molecule has 0 bridgehead atoms. The minimum absolute atomic E-state index is 0.172. The summed E-state index contributed by atoms with van der Waals surface area (Å²) in [4.78, 5) is 0. The topological polar surface area (TPSA) is 35.2 Å². The smallest absolute Gasteiger partial charge is 0.194 e. The van der Waals surface area contributed by atoms with Crippen LogP contribution in [0.25, 0.3) is 0 Å². The zero-order valence-electron chi connectivity index (χ0n) is 10.5. The fourth-order valence-corrected chi connectivity index (χ4v) is 2.42. The first-order valence-electron chi connectivity index (χ1n) is 6.22. The molecule has 2 aromatic rings. The van der Waals surface area contributed by atoms with Crippen molar-refractivity contribution < 1.29 is 17.9 Å². The minimum Gasteiger partial charge on any atom is -0.493 e. The van der Waals surface area contributed by atoms with Crippen molar-refractivity contribution in [3.63, 3.8) is 0 Å². The van der Waals surface area contributed by atoms with Crippen molar-refractivity contribution in [2.24, 2.45) is 5.73 Å². The number of rotatable bonds is 2. The van der Waals surface area contributed by atoms with Gasteiger partial charge in [0.25, 0.3) is 0 Å². The maximum absolute atomic E-state index is 13.3. The van der Waals surface area contributed by atoms with E-state index in [1.165, 1.54) is 0 Å². The molecule has 1 atom stereocenters. The van der Waals surface area contributed by atoms with Gasteiger partial charge in [-0.25, -0.2) is 13.2 Å². The molecule has 2 N–H and O–H groups in total. The predicted molar refractivity (Wildman–Crippen MR) is 68.0 cm³/mol. The van der Waals surface area contributed by atoms with Crippen molar-refractivity contribution in [2.45, 2.75) is 12.5 Å². The van der Waals surface area contributed by atoms with E-state index in [0.717, 1.165) is 24.1 Å². The molecular weight excluding hydrogens is 267 g/mol. The summed E-state index contributed by atoms with van der Waals surface area (Å²) < 4.78 is 45.1. The number of hydrogen-bond acceptors (Lipinski definition) is 2. The molecule has 1 heterocycles. The monoisotopic (exact) mass is 279 g/mol. The second-order valence-corrected chi connectivity index (χ2v) is 4.71. The fourth-order valence-electron chi connectivity index (χ4n) is 2.42. The first kappa shape index (κ1) is 13.0. The Kier molecular flexibility index (Phi) is 3.14. The summed E-state index contributed by atoms with van der Waals surface area (Å²) in [6.07, 6.45) is 0.780. The molecule has 0 aromatic heterocycles. The van der Waals surface area contributed by atoms with Crippen LogP contribution in [0.5, 0.6) is 5.75 Å². The molecule has 0 saturated heterocycles. The van der Waals surface area contributed by atoms with Crippen molar-refractivity contribution in [1.82, 2.24) is 0 Å². The molecule has 104 valence electrons. The van der Waals surface area contributed by atoms with E-state index >= 15 is 0 Å². The van der Waals surface area contributed by atoms with Crippen LogP contribution < -0.4 is 10.5 Å². The highest BCUT2D eigenvalue weighted by atomic mass is 19.2. The first-order valence-corrected chi connectivity index (χ1v) is 6.22. The Balaban J connectivity index is 2.05. The van der Waals surface area contributed by atoms with E-state index in [9.17, 15) is 13.2 Å². The first-order chi connectivity index (χ1) is 9.58. The third-order valence-corrected chi connectivity index (χ3v) is 3.45. The van der Waals surface area contributed by atoms with Crippen LogP contribution in [-0.2, 0) is 6.42 Å². The summed E-state index contributed by atoms with van der Waals surface area (Å²) >= 11 is 0. The number of benzene rings is 2. The Morgan fingerprint density at radius 3 is 2.50 bits per heavy atom. The maximum atomic E-state index is 13.3. The molecule has 0 saturated carbocycles. The second kappa shape index (κ2) is 4.83. The summed E-state index contributed by atoms with van der Waals surface area (Å²) in [6.45, 7) is 0.561. The van der Waals surface area contributed by atoms with E-state index in [1.807, 2.05) is 12.1 Å². The molecule has 1 unspecified atom stereocenters. The van der Waals surface area contributed by atoms with Crippen LogP contribution in [0.1, 0.15) is 22.7 Å². The third kappa shape index (κ3) is 2.04. The van der Waals surface area contributed by atoms with Gasteiger partial charge in [-0.2, -0.15) is 0 Å². The third-order valence-electron chi connectivity index (χ3n) is 3.45. The van der Waals surface area contributed by atoms with Gasteiger partial charge >= 0.3 is 0 Å². The SMILES string of the molecule is NC(c1cc(F)c(F)c(F)c1)c1cccc2c1OCC2. The highest BCUT2D eigenvalue weighted by Gasteiger charge is 2.22. The van der Waals surface area contributed by atoms with Gasteiger partial charge in [0.05, 0.1) is 12.6 Å². The number of nitrogens with two attached hydrogens (primary N) is 1. The number of para-hydroxylation sites is 1. The summed E-state index contributed by atoms with van der Waals surface area (Å²) in [5.74, 6) is -3.33. The highest BCUT2D eigenvalue weighted by molar-refractivity contribution is 5.48. The lowest BCUT2D eigenvalue weighted by atomic mass is 9.96. The van der Waals surface area contributed by atoms with Gasteiger partial charge in [0.1, 0.15) is 5.75 Å². The molecule has 1 aliphatic heterocycles. The van der Waals surface area contributed by atoms with Gasteiger partial charge in [0, 0.05) is 12.0 Å². The van der Waals surface area contributed by atoms with Crippen LogP contribution >= 0.6 is 0 Å². The molecule has 0 amide bonds. The van der Waals surface area contributed by atoms with Crippen molar-refractivity contribution in [3.8, 4) is 5.75 Å². The maximum Gasteiger partial charge on any atom is 0.194 e. The zero-order valence-corrected chi connectivity index (χ0v) is 10.5. The van der Waals surface area contributed by atoms with Crippen LogP contribution in [0.3, 0.4) is 0 Å². The average Bonchev–Trinajstić information content (AvgIpc) is 2.91. The fraction of sp³-hybridized carbons (Fsp3) is 0.200. The van der Waals surface area contributed by atoms with Crippen LogP contribution in [0.15, 0.2) is 30.3 Å². The van der Waals surface area contributed by atoms with E-state index in [-0.39, 0.29) is 5.56 Å². The Bertz CT molecular complexity index is 649. The van der Waals surface area contributed by atoms with Gasteiger partial charge in [-0.05, 0) is 23.3 Å². The number of ether oxygens (including phenoxy) is 1. The number of fused-ring (bicyclic) bond motifs is 1. The molecule has 20 heavy (non-hydrogen) atoms. The van der Waals surface area contributed by atoms with E-state index in [2.05, 4.69) is 0 Å². The normalized spacial score (nSPS) is 14.8. The lowest BCUT2D eigenvalue weighted by Crippen LogP contribution is -2.14. The summed E-state index contributed by atoms with van der Waals surface area (Å²) in [6, 6.07) is 6.54. The highest BCUT2D eigenvalue weighted by Crippen LogP contribution is 2.35. The summed E-state index contributed by atoms with van der Waals surface area (Å²) in [5.41, 5.74) is 7.87. The molecule has 1 aliphatic rings. The molecular formula is C15H12F3NO. The van der Waals surface area contributed by atoms with Gasteiger partial charge in [-0.15, -0.1) is 0 Å². The van der Waals surface area contributed by atoms with Crippen molar-refractivity contribution in [3.05, 3.63) is 64.5 Å². The molecule has 2 nitrogen and oxygen atoms in total. The Labute approximate surface area is 114 Å². The Morgan fingerprint density at radius 2 is 1.80 bits per heavy atom. The molecule has 0 radical (unpaired) electrons. The quantitative estimate of drug-likeness (QED) is 0.857. The standard InChI is InChI=1S/C15H12F3NO/c16-11-6-9(7-12(17)13(11)18)14(19)10-3-1-2-8-4-5-20-15(8)10/h1-3,6-7,14H,4-5,19H2. The molecule has 0 spiro atoms. The summed E-state index contributed by atoms with van der Waals surface area (Å²) in [7, 11) is 0. The van der Waals surface area contributed by atoms with Gasteiger partial charge in [0.15, 0.2) is 17.5 Å². The summed E-state index contributed by atoms with van der Waals surface area (Å²) in [5, 5.41) is 0. The Morgan fingerprint density at radius 1 is 1.10 bits per heavy atom.